The molecule has 0 spiro atoms. The number of amides is 1. The van der Waals surface area contributed by atoms with Gasteiger partial charge in [0, 0.05) is 4.47 Å². The third-order valence-electron chi connectivity index (χ3n) is 2.60. The molecule has 1 aromatic carbocycles. The van der Waals surface area contributed by atoms with Crippen molar-refractivity contribution in [2.75, 3.05) is 5.32 Å². The number of nitrogens with two attached hydrogens (primary N) is 1. The van der Waals surface area contributed by atoms with Crippen LogP contribution in [0.1, 0.15) is 26.3 Å². The molecule has 0 unspecified atom stereocenters. The predicted octanol–water partition coefficient (Wildman–Crippen LogP) is 3.07. The third kappa shape index (κ3) is 3.82. The van der Waals surface area contributed by atoms with Crippen LogP contribution in [0.2, 0.25) is 0 Å². The Bertz CT molecular complexity index is 424. The molecule has 0 fully saturated rings. The summed E-state index contributed by atoms with van der Waals surface area (Å²) in [4.78, 5) is 12.0. The largest absolute Gasteiger partial charge is 0.324 e. The van der Waals surface area contributed by atoms with Crippen LogP contribution in [0.3, 0.4) is 0 Å². The van der Waals surface area contributed by atoms with E-state index in [9.17, 15) is 4.79 Å². The first-order valence-electron chi connectivity index (χ1n) is 5.54. The van der Waals surface area contributed by atoms with Crippen LogP contribution in [0.4, 0.5) is 5.69 Å². The van der Waals surface area contributed by atoms with Crippen LogP contribution >= 0.6 is 15.9 Å². The molecular weight excluding hydrogens is 280 g/mol. The van der Waals surface area contributed by atoms with Gasteiger partial charge in [-0.3, -0.25) is 4.79 Å². The summed E-state index contributed by atoms with van der Waals surface area (Å²) in [5.41, 5.74) is 7.50. The lowest BCUT2D eigenvalue weighted by atomic mass is 9.87. The normalized spacial score (nSPS) is 13.3. The predicted molar refractivity (Wildman–Crippen MR) is 74.9 cm³/mol. The number of carbonyl (C=O) groups is 1. The molecule has 0 aliphatic heterocycles. The Morgan fingerprint density at radius 2 is 2.00 bits per heavy atom. The molecule has 0 heterocycles. The second-order valence-corrected chi connectivity index (χ2v) is 6.17. The van der Waals surface area contributed by atoms with Gasteiger partial charge in [-0.2, -0.15) is 0 Å². The fourth-order valence-corrected chi connectivity index (χ4v) is 1.68. The average Bonchev–Trinajstić information content (AvgIpc) is 2.21. The minimum absolute atomic E-state index is 0.163. The summed E-state index contributed by atoms with van der Waals surface area (Å²) < 4.78 is 0.859. The highest BCUT2D eigenvalue weighted by Crippen LogP contribution is 2.25. The van der Waals surface area contributed by atoms with E-state index in [1.165, 1.54) is 0 Å². The number of anilines is 1. The van der Waals surface area contributed by atoms with Crippen molar-refractivity contribution in [2.45, 2.75) is 33.7 Å². The van der Waals surface area contributed by atoms with Crippen molar-refractivity contribution >= 4 is 27.5 Å². The van der Waals surface area contributed by atoms with Crippen LogP contribution in [0.15, 0.2) is 22.7 Å². The Balaban J connectivity index is 2.85. The number of hydrogen-bond donors (Lipinski definition) is 2. The SMILES string of the molecule is Cc1ccc(Br)c(NC(=O)[C@@H](N)C(C)(C)C)c1. The summed E-state index contributed by atoms with van der Waals surface area (Å²) in [6.45, 7) is 7.82. The van der Waals surface area contributed by atoms with E-state index in [0.717, 1.165) is 15.7 Å². The topological polar surface area (TPSA) is 55.1 Å². The molecule has 1 amide bonds. The Hall–Kier alpha value is -0.870. The van der Waals surface area contributed by atoms with Crippen molar-refractivity contribution in [1.82, 2.24) is 0 Å². The van der Waals surface area contributed by atoms with Crippen molar-refractivity contribution in [3.63, 3.8) is 0 Å². The highest BCUT2D eigenvalue weighted by Gasteiger charge is 2.27. The number of rotatable bonds is 2. The number of hydrogen-bond acceptors (Lipinski definition) is 2. The number of nitrogens with one attached hydrogen (secondary N) is 1. The quantitative estimate of drug-likeness (QED) is 0.881. The number of carbonyl (C=O) groups excluding carboxylic acids is 1. The zero-order valence-electron chi connectivity index (χ0n) is 10.7. The van der Waals surface area contributed by atoms with Gasteiger partial charge in [0.1, 0.15) is 0 Å². The Kier molecular flexibility index (Phi) is 4.33. The standard InChI is InChI=1S/C13H19BrN2O/c1-8-5-6-9(14)10(7-8)16-12(17)11(15)13(2,3)4/h5-7,11H,15H2,1-4H3,(H,16,17)/t11-/m1/s1. The fourth-order valence-electron chi connectivity index (χ4n) is 1.34. The molecule has 0 radical (unpaired) electrons. The molecule has 0 aromatic heterocycles. The fraction of sp³-hybridized carbons (Fsp3) is 0.462. The first kappa shape index (κ1) is 14.2. The lowest BCUT2D eigenvalue weighted by Gasteiger charge is -2.26. The summed E-state index contributed by atoms with van der Waals surface area (Å²) in [6.07, 6.45) is 0. The molecule has 0 aliphatic rings. The molecule has 0 saturated heterocycles. The Morgan fingerprint density at radius 1 is 1.41 bits per heavy atom. The van der Waals surface area contributed by atoms with Crippen molar-refractivity contribution in [3.8, 4) is 0 Å². The zero-order valence-corrected chi connectivity index (χ0v) is 12.3. The maximum atomic E-state index is 12.0. The van der Waals surface area contributed by atoms with E-state index in [0.29, 0.717) is 0 Å². The van der Waals surface area contributed by atoms with Gasteiger partial charge in [-0.1, -0.05) is 26.8 Å². The molecule has 3 N–H and O–H groups in total. The van der Waals surface area contributed by atoms with Crippen LogP contribution in [0, 0.1) is 12.3 Å². The minimum atomic E-state index is -0.532. The Morgan fingerprint density at radius 3 is 2.53 bits per heavy atom. The first-order valence-corrected chi connectivity index (χ1v) is 6.33. The summed E-state index contributed by atoms with van der Waals surface area (Å²) in [7, 11) is 0. The molecule has 1 rings (SSSR count). The van der Waals surface area contributed by atoms with E-state index in [1.807, 2.05) is 45.9 Å². The van der Waals surface area contributed by atoms with E-state index in [2.05, 4.69) is 21.2 Å². The molecule has 1 atom stereocenters. The van der Waals surface area contributed by atoms with Gasteiger partial charge in [0.05, 0.1) is 11.7 Å². The maximum Gasteiger partial charge on any atom is 0.241 e. The zero-order chi connectivity index (χ0) is 13.2. The molecular formula is C13H19BrN2O. The van der Waals surface area contributed by atoms with Gasteiger partial charge in [-0.15, -0.1) is 0 Å². The van der Waals surface area contributed by atoms with Gasteiger partial charge in [-0.05, 0) is 46.0 Å². The molecule has 3 nitrogen and oxygen atoms in total. The summed E-state index contributed by atoms with van der Waals surface area (Å²) in [5.74, 6) is -0.163. The smallest absolute Gasteiger partial charge is 0.241 e. The van der Waals surface area contributed by atoms with Crippen LogP contribution < -0.4 is 11.1 Å². The first-order chi connectivity index (χ1) is 7.71. The number of benzene rings is 1. The third-order valence-corrected chi connectivity index (χ3v) is 3.29. The molecule has 94 valence electrons. The van der Waals surface area contributed by atoms with Crippen molar-refractivity contribution in [3.05, 3.63) is 28.2 Å². The maximum absolute atomic E-state index is 12.0. The Labute approximate surface area is 111 Å². The van der Waals surface area contributed by atoms with Crippen molar-refractivity contribution in [1.29, 1.82) is 0 Å². The molecule has 17 heavy (non-hydrogen) atoms. The van der Waals surface area contributed by atoms with E-state index in [-0.39, 0.29) is 11.3 Å². The molecule has 4 heteroatoms. The highest BCUT2D eigenvalue weighted by atomic mass is 79.9. The molecule has 0 aliphatic carbocycles. The van der Waals surface area contributed by atoms with Gasteiger partial charge in [-0.25, -0.2) is 0 Å². The van der Waals surface area contributed by atoms with Gasteiger partial charge in [0.15, 0.2) is 0 Å². The molecule has 0 bridgehead atoms. The summed E-state index contributed by atoms with van der Waals surface area (Å²) in [5, 5.41) is 2.85. The van der Waals surface area contributed by atoms with E-state index in [4.69, 9.17) is 5.73 Å². The summed E-state index contributed by atoms with van der Waals surface area (Å²) in [6, 6.07) is 5.27. The van der Waals surface area contributed by atoms with Crippen molar-refractivity contribution < 1.29 is 4.79 Å². The van der Waals surface area contributed by atoms with Crippen molar-refractivity contribution in [2.24, 2.45) is 11.1 Å². The van der Waals surface area contributed by atoms with Gasteiger partial charge >= 0.3 is 0 Å². The number of aryl methyl sites for hydroxylation is 1. The van der Waals surface area contributed by atoms with Gasteiger partial charge in [0.2, 0.25) is 5.91 Å². The second-order valence-electron chi connectivity index (χ2n) is 5.32. The summed E-state index contributed by atoms with van der Waals surface area (Å²) >= 11 is 3.40. The van der Waals surface area contributed by atoms with E-state index in [1.54, 1.807) is 0 Å². The van der Waals surface area contributed by atoms with Crippen LogP contribution in [-0.2, 0) is 4.79 Å². The lowest BCUT2D eigenvalue weighted by molar-refractivity contribution is -0.119. The second kappa shape index (κ2) is 5.19. The lowest BCUT2D eigenvalue weighted by Crippen LogP contribution is -2.45. The average molecular weight is 299 g/mol. The van der Waals surface area contributed by atoms with Crippen LogP contribution in [0.25, 0.3) is 0 Å². The van der Waals surface area contributed by atoms with Gasteiger partial charge < -0.3 is 11.1 Å². The van der Waals surface area contributed by atoms with E-state index >= 15 is 0 Å². The van der Waals surface area contributed by atoms with Crippen LogP contribution in [0.5, 0.6) is 0 Å². The minimum Gasteiger partial charge on any atom is -0.324 e. The van der Waals surface area contributed by atoms with E-state index < -0.39 is 6.04 Å². The molecule has 0 saturated carbocycles. The highest BCUT2D eigenvalue weighted by molar-refractivity contribution is 9.10. The van der Waals surface area contributed by atoms with Crippen LogP contribution in [-0.4, -0.2) is 11.9 Å². The monoisotopic (exact) mass is 298 g/mol. The molecule has 1 aromatic rings. The number of halogens is 1. The van der Waals surface area contributed by atoms with Gasteiger partial charge in [0.25, 0.3) is 0 Å².